The summed E-state index contributed by atoms with van der Waals surface area (Å²) in [4.78, 5) is 53.3. The molecular formula is C24H27N5O5. The minimum absolute atomic E-state index is 0.0200. The van der Waals surface area contributed by atoms with Gasteiger partial charge in [-0.2, -0.15) is 0 Å². The van der Waals surface area contributed by atoms with Crippen LogP contribution < -0.4 is 20.9 Å². The number of ether oxygens (including phenoxy) is 1. The van der Waals surface area contributed by atoms with Crippen LogP contribution in [0.2, 0.25) is 0 Å². The molecule has 2 aromatic rings. The number of carbonyl (C=O) groups is 4. The lowest BCUT2D eigenvalue weighted by atomic mass is 10.0. The van der Waals surface area contributed by atoms with Crippen LogP contribution in [0.3, 0.4) is 0 Å². The average molecular weight is 466 g/mol. The molecule has 1 fully saturated rings. The molecule has 0 spiro atoms. The summed E-state index contributed by atoms with van der Waals surface area (Å²) in [5.41, 5.74) is 2.45. The molecule has 2 aliphatic rings. The number of nitrogens with zero attached hydrogens (tertiary/aromatic N) is 2. The summed E-state index contributed by atoms with van der Waals surface area (Å²) in [6.45, 7) is 3.36. The Kier molecular flexibility index (Phi) is 7.07. The third kappa shape index (κ3) is 5.52. The monoisotopic (exact) mass is 465 g/mol. The van der Waals surface area contributed by atoms with E-state index in [-0.39, 0.29) is 36.6 Å². The van der Waals surface area contributed by atoms with Gasteiger partial charge in [-0.25, -0.2) is 0 Å². The summed E-state index contributed by atoms with van der Waals surface area (Å²) < 4.78 is 5.32. The number of hydrogen-bond donors (Lipinski definition) is 3. The SMILES string of the molecule is CC(=O)Nc1ccc(NC(=O)CC2C(=O)Nc3ccccc3N2CC(=O)N2CCOCC2)cc1. The van der Waals surface area contributed by atoms with E-state index in [1.54, 1.807) is 46.2 Å². The summed E-state index contributed by atoms with van der Waals surface area (Å²) in [6, 6.07) is 13.1. The number of morpholine rings is 1. The van der Waals surface area contributed by atoms with E-state index in [9.17, 15) is 19.2 Å². The number of anilines is 4. The van der Waals surface area contributed by atoms with Gasteiger partial charge in [-0.05, 0) is 36.4 Å². The Bertz CT molecular complexity index is 1080. The average Bonchev–Trinajstić information content (AvgIpc) is 2.82. The Hall–Kier alpha value is -3.92. The molecule has 0 saturated carbocycles. The highest BCUT2D eigenvalue weighted by atomic mass is 16.5. The van der Waals surface area contributed by atoms with Gasteiger partial charge in [0.2, 0.25) is 23.6 Å². The molecule has 178 valence electrons. The van der Waals surface area contributed by atoms with Gasteiger partial charge in [-0.15, -0.1) is 0 Å². The molecule has 10 nitrogen and oxygen atoms in total. The maximum absolute atomic E-state index is 13.0. The Morgan fingerprint density at radius 2 is 1.65 bits per heavy atom. The lowest BCUT2D eigenvalue weighted by Gasteiger charge is -2.38. The first-order valence-electron chi connectivity index (χ1n) is 11.1. The predicted octanol–water partition coefficient (Wildman–Crippen LogP) is 1.66. The molecule has 2 aromatic carbocycles. The van der Waals surface area contributed by atoms with Crippen LogP contribution in [0, 0.1) is 0 Å². The van der Waals surface area contributed by atoms with E-state index in [2.05, 4.69) is 16.0 Å². The van der Waals surface area contributed by atoms with Crippen LogP contribution in [-0.2, 0) is 23.9 Å². The second-order valence-electron chi connectivity index (χ2n) is 8.15. The third-order valence-electron chi connectivity index (χ3n) is 5.69. The Morgan fingerprint density at radius 1 is 1.00 bits per heavy atom. The van der Waals surface area contributed by atoms with Gasteiger partial charge in [0.05, 0.1) is 37.6 Å². The van der Waals surface area contributed by atoms with Gasteiger partial charge < -0.3 is 30.5 Å². The van der Waals surface area contributed by atoms with E-state index in [1.165, 1.54) is 6.92 Å². The first kappa shape index (κ1) is 23.2. The maximum Gasteiger partial charge on any atom is 0.247 e. The van der Waals surface area contributed by atoms with Crippen LogP contribution in [0.15, 0.2) is 48.5 Å². The van der Waals surface area contributed by atoms with Crippen molar-refractivity contribution in [3.8, 4) is 0 Å². The smallest absolute Gasteiger partial charge is 0.247 e. The van der Waals surface area contributed by atoms with Crippen LogP contribution in [0.1, 0.15) is 13.3 Å². The number of nitrogens with one attached hydrogen (secondary N) is 3. The number of para-hydroxylation sites is 2. The van der Waals surface area contributed by atoms with Gasteiger partial charge >= 0.3 is 0 Å². The van der Waals surface area contributed by atoms with Gasteiger partial charge in [-0.3, -0.25) is 19.2 Å². The van der Waals surface area contributed by atoms with E-state index in [1.807, 2.05) is 12.1 Å². The number of benzene rings is 2. The number of amides is 4. The molecule has 2 heterocycles. The molecule has 3 N–H and O–H groups in total. The summed E-state index contributed by atoms with van der Waals surface area (Å²) in [7, 11) is 0. The van der Waals surface area contributed by atoms with Crippen molar-refractivity contribution in [3.63, 3.8) is 0 Å². The molecule has 10 heteroatoms. The standard InChI is InChI=1S/C24H27N5O5/c1-16(30)25-17-6-8-18(9-7-17)26-22(31)14-21-24(33)27-19-4-2-3-5-20(19)29(21)15-23(32)28-10-12-34-13-11-28/h2-9,21H,10-15H2,1H3,(H,25,30)(H,26,31)(H,27,33). The van der Waals surface area contributed by atoms with Crippen molar-refractivity contribution in [3.05, 3.63) is 48.5 Å². The normalized spacial score (nSPS) is 17.4. The van der Waals surface area contributed by atoms with Crippen molar-refractivity contribution in [1.29, 1.82) is 0 Å². The molecule has 4 amide bonds. The first-order valence-corrected chi connectivity index (χ1v) is 11.1. The van der Waals surface area contributed by atoms with Crippen molar-refractivity contribution < 1.29 is 23.9 Å². The fourth-order valence-electron chi connectivity index (χ4n) is 4.04. The van der Waals surface area contributed by atoms with Crippen LogP contribution in [0.4, 0.5) is 22.7 Å². The topological polar surface area (TPSA) is 120 Å². The molecule has 1 saturated heterocycles. The van der Waals surface area contributed by atoms with Crippen molar-refractivity contribution in [1.82, 2.24) is 4.90 Å². The summed E-state index contributed by atoms with van der Waals surface area (Å²) in [5.74, 6) is -1.01. The third-order valence-corrected chi connectivity index (χ3v) is 5.69. The molecule has 1 atom stereocenters. The molecule has 34 heavy (non-hydrogen) atoms. The van der Waals surface area contributed by atoms with E-state index >= 15 is 0 Å². The van der Waals surface area contributed by atoms with Crippen LogP contribution >= 0.6 is 0 Å². The van der Waals surface area contributed by atoms with Gasteiger partial charge in [0, 0.05) is 31.4 Å². The lowest BCUT2D eigenvalue weighted by molar-refractivity contribution is -0.134. The fourth-order valence-corrected chi connectivity index (χ4v) is 4.04. The second-order valence-corrected chi connectivity index (χ2v) is 8.15. The fraction of sp³-hybridized carbons (Fsp3) is 0.333. The number of fused-ring (bicyclic) bond motifs is 1. The van der Waals surface area contributed by atoms with Gasteiger partial charge in [0.15, 0.2) is 0 Å². The van der Waals surface area contributed by atoms with Crippen molar-refractivity contribution in [2.24, 2.45) is 0 Å². The second kappa shape index (κ2) is 10.3. The number of rotatable bonds is 6. The van der Waals surface area contributed by atoms with Gasteiger partial charge in [-0.1, -0.05) is 12.1 Å². The van der Waals surface area contributed by atoms with Crippen molar-refractivity contribution >= 4 is 46.4 Å². The zero-order chi connectivity index (χ0) is 24.1. The molecule has 4 rings (SSSR count). The molecule has 1 unspecified atom stereocenters. The highest BCUT2D eigenvalue weighted by molar-refractivity contribution is 6.07. The predicted molar refractivity (Wildman–Crippen MR) is 128 cm³/mol. The molecule has 0 bridgehead atoms. The largest absolute Gasteiger partial charge is 0.378 e. The number of carbonyl (C=O) groups excluding carboxylic acids is 4. The molecule has 0 aromatic heterocycles. The molecular weight excluding hydrogens is 438 g/mol. The number of hydrogen-bond acceptors (Lipinski definition) is 6. The highest BCUT2D eigenvalue weighted by Crippen LogP contribution is 2.33. The molecule has 0 aliphatic carbocycles. The summed E-state index contributed by atoms with van der Waals surface area (Å²) in [5, 5.41) is 8.29. The summed E-state index contributed by atoms with van der Waals surface area (Å²) in [6.07, 6.45) is -0.135. The van der Waals surface area contributed by atoms with Crippen molar-refractivity contribution in [2.45, 2.75) is 19.4 Å². The Balaban J connectivity index is 1.48. The highest BCUT2D eigenvalue weighted by Gasteiger charge is 2.36. The Labute approximate surface area is 197 Å². The van der Waals surface area contributed by atoms with Gasteiger partial charge in [0.1, 0.15) is 6.04 Å². The van der Waals surface area contributed by atoms with E-state index in [0.717, 1.165) is 0 Å². The van der Waals surface area contributed by atoms with E-state index in [0.29, 0.717) is 49.1 Å². The Morgan fingerprint density at radius 3 is 2.32 bits per heavy atom. The van der Waals surface area contributed by atoms with E-state index in [4.69, 9.17) is 4.74 Å². The molecule has 0 radical (unpaired) electrons. The zero-order valence-electron chi connectivity index (χ0n) is 18.9. The van der Waals surface area contributed by atoms with Crippen molar-refractivity contribution in [2.75, 3.05) is 53.7 Å². The molecule has 2 aliphatic heterocycles. The minimum atomic E-state index is -0.849. The maximum atomic E-state index is 13.0. The lowest BCUT2D eigenvalue weighted by Crippen LogP contribution is -2.54. The quantitative estimate of drug-likeness (QED) is 0.597. The van der Waals surface area contributed by atoms with Crippen LogP contribution in [0.25, 0.3) is 0 Å². The summed E-state index contributed by atoms with van der Waals surface area (Å²) >= 11 is 0. The minimum Gasteiger partial charge on any atom is -0.378 e. The van der Waals surface area contributed by atoms with Crippen LogP contribution in [0.5, 0.6) is 0 Å². The van der Waals surface area contributed by atoms with Crippen LogP contribution in [-0.4, -0.2) is 67.4 Å². The van der Waals surface area contributed by atoms with Gasteiger partial charge in [0.25, 0.3) is 0 Å². The van der Waals surface area contributed by atoms with E-state index < -0.39 is 6.04 Å². The zero-order valence-corrected chi connectivity index (χ0v) is 18.9. The first-order chi connectivity index (χ1) is 16.4.